The van der Waals surface area contributed by atoms with Gasteiger partial charge in [-0.3, -0.25) is 4.79 Å². The normalized spacial score (nSPS) is 24.9. The highest BCUT2D eigenvalue weighted by Gasteiger charge is 2.30. The maximum Gasteiger partial charge on any atom is 0.252 e. The Morgan fingerprint density at radius 1 is 1.31 bits per heavy atom. The molecule has 1 saturated heterocycles. The number of allylic oxidation sites excluding steroid dienone is 1. The molecule has 3 aliphatic rings. The third-order valence-corrected chi connectivity index (χ3v) is 6.86. The molecule has 1 N–H and O–H groups in total. The van der Waals surface area contributed by atoms with Crippen LogP contribution in [0.5, 0.6) is 11.5 Å². The molecule has 0 bridgehead atoms. The summed E-state index contributed by atoms with van der Waals surface area (Å²) in [6, 6.07) is 6.33. The van der Waals surface area contributed by atoms with E-state index in [0.717, 1.165) is 36.2 Å². The first-order chi connectivity index (χ1) is 14.1. The number of piperazine rings is 1. The van der Waals surface area contributed by atoms with Crippen LogP contribution < -0.4 is 14.8 Å². The van der Waals surface area contributed by atoms with Gasteiger partial charge in [-0.2, -0.15) is 0 Å². The van der Waals surface area contributed by atoms with Gasteiger partial charge in [-0.15, -0.1) is 0 Å². The number of carbonyl (C=O) groups excluding carboxylic acids is 1. The largest absolute Gasteiger partial charge is 0.493 e. The number of rotatable bonds is 5. The average Bonchev–Trinajstić information content (AvgIpc) is 2.73. The molecular formula is C22H28N3O3P. The molecule has 0 spiro atoms. The van der Waals surface area contributed by atoms with Crippen molar-refractivity contribution in [2.45, 2.75) is 25.7 Å². The first-order valence-electron chi connectivity index (χ1n) is 10.1. The number of benzene rings is 1. The second kappa shape index (κ2) is 8.60. The molecular weight excluding hydrogens is 385 g/mol. The van der Waals surface area contributed by atoms with Crippen molar-refractivity contribution in [3.8, 4) is 11.5 Å². The van der Waals surface area contributed by atoms with Crippen LogP contribution in [0.4, 0.5) is 0 Å². The standard InChI is InChI=1S/C22H28N3O3P/c1-4-28-19-11-16(5-7-18(19)27-3)20-12-21(26)25-14-17(6-8-22(25)29-20)24-10-9-23-15(2)13-24/h5-8,11-12,14-15,22-23,29H,4,9-10,13H2,1-3H3/t15-,22?/m0/s1. The smallest absolute Gasteiger partial charge is 0.252 e. The third-order valence-electron chi connectivity index (χ3n) is 5.35. The lowest BCUT2D eigenvalue weighted by atomic mass is 10.1. The number of carbonyl (C=O) groups is 1. The van der Waals surface area contributed by atoms with E-state index in [2.05, 4.69) is 29.3 Å². The molecule has 3 aliphatic heterocycles. The monoisotopic (exact) mass is 413 g/mol. The summed E-state index contributed by atoms with van der Waals surface area (Å²) in [5, 5.41) is 4.51. The van der Waals surface area contributed by atoms with Crippen molar-refractivity contribution in [3.63, 3.8) is 0 Å². The molecule has 1 aromatic carbocycles. The quantitative estimate of drug-likeness (QED) is 0.753. The van der Waals surface area contributed by atoms with Crippen LogP contribution in [0.3, 0.4) is 0 Å². The molecule has 0 aromatic heterocycles. The van der Waals surface area contributed by atoms with Crippen LogP contribution in [0.15, 0.2) is 48.3 Å². The fraction of sp³-hybridized carbons (Fsp3) is 0.409. The van der Waals surface area contributed by atoms with Crippen molar-refractivity contribution in [1.29, 1.82) is 0 Å². The number of nitrogens with zero attached hydrogens (tertiary/aromatic N) is 2. The van der Waals surface area contributed by atoms with Crippen molar-refractivity contribution < 1.29 is 14.3 Å². The molecule has 7 heteroatoms. The van der Waals surface area contributed by atoms with E-state index < -0.39 is 0 Å². The Hall–Kier alpha value is -2.30. The molecule has 6 nitrogen and oxygen atoms in total. The van der Waals surface area contributed by atoms with Crippen LogP contribution in [0.2, 0.25) is 0 Å². The first kappa shape index (κ1) is 20.0. The molecule has 1 amide bonds. The van der Waals surface area contributed by atoms with Gasteiger partial charge in [-0.05, 0) is 42.9 Å². The first-order valence-corrected chi connectivity index (χ1v) is 11.2. The SMILES string of the molecule is CCOc1cc(C2=CC(=O)N3C=C(N4CCN[C@@H](C)C4)C=CC3P2)ccc1OC. The zero-order chi connectivity index (χ0) is 20.4. The fourth-order valence-electron chi connectivity index (χ4n) is 3.90. The van der Waals surface area contributed by atoms with E-state index in [9.17, 15) is 4.79 Å². The Balaban J connectivity index is 1.56. The number of nitrogens with one attached hydrogen (secondary N) is 1. The minimum atomic E-state index is 0.0301. The van der Waals surface area contributed by atoms with Crippen molar-refractivity contribution in [3.05, 3.63) is 53.9 Å². The van der Waals surface area contributed by atoms with Crippen LogP contribution in [0.1, 0.15) is 19.4 Å². The summed E-state index contributed by atoms with van der Waals surface area (Å²) in [6.07, 6.45) is 8.12. The topological polar surface area (TPSA) is 54.0 Å². The third kappa shape index (κ3) is 4.19. The Bertz CT molecular complexity index is 880. The van der Waals surface area contributed by atoms with Crippen LogP contribution in [-0.4, -0.2) is 60.9 Å². The van der Waals surface area contributed by atoms with Gasteiger partial charge in [0.05, 0.1) is 25.2 Å². The van der Waals surface area contributed by atoms with Crippen LogP contribution in [0, 0.1) is 0 Å². The molecule has 29 heavy (non-hydrogen) atoms. The Labute approximate surface area is 174 Å². The van der Waals surface area contributed by atoms with E-state index in [1.54, 1.807) is 13.2 Å². The number of amides is 1. The second-order valence-corrected chi connectivity index (χ2v) is 8.82. The predicted molar refractivity (Wildman–Crippen MR) is 117 cm³/mol. The number of ether oxygens (including phenoxy) is 2. The van der Waals surface area contributed by atoms with Crippen LogP contribution in [0.25, 0.3) is 5.31 Å². The highest BCUT2D eigenvalue weighted by atomic mass is 31.1. The van der Waals surface area contributed by atoms with E-state index in [-0.39, 0.29) is 11.7 Å². The highest BCUT2D eigenvalue weighted by molar-refractivity contribution is 7.51. The lowest BCUT2D eigenvalue weighted by Crippen LogP contribution is -2.49. The Morgan fingerprint density at radius 3 is 2.93 bits per heavy atom. The van der Waals surface area contributed by atoms with Gasteiger partial charge in [-0.1, -0.05) is 20.7 Å². The van der Waals surface area contributed by atoms with E-state index >= 15 is 0 Å². The van der Waals surface area contributed by atoms with Gasteiger partial charge in [0.1, 0.15) is 0 Å². The van der Waals surface area contributed by atoms with Crippen LogP contribution >= 0.6 is 8.58 Å². The van der Waals surface area contributed by atoms with E-state index in [1.165, 1.54) is 0 Å². The van der Waals surface area contributed by atoms with Gasteiger partial charge < -0.3 is 24.6 Å². The molecule has 1 fully saturated rings. The van der Waals surface area contributed by atoms with Gasteiger partial charge in [0.25, 0.3) is 5.91 Å². The molecule has 3 heterocycles. The lowest BCUT2D eigenvalue weighted by Gasteiger charge is -2.39. The van der Waals surface area contributed by atoms with Crippen LogP contribution in [-0.2, 0) is 4.79 Å². The van der Waals surface area contributed by atoms with E-state index in [1.807, 2.05) is 36.2 Å². The minimum Gasteiger partial charge on any atom is -0.493 e. The number of hydrogen-bond donors (Lipinski definition) is 1. The van der Waals surface area contributed by atoms with Crippen molar-refractivity contribution in [1.82, 2.24) is 15.1 Å². The molecule has 2 unspecified atom stereocenters. The maximum absolute atomic E-state index is 12.9. The zero-order valence-corrected chi connectivity index (χ0v) is 18.1. The summed E-state index contributed by atoms with van der Waals surface area (Å²) in [6.45, 7) is 7.59. The van der Waals surface area contributed by atoms with E-state index in [0.29, 0.717) is 32.7 Å². The average molecular weight is 413 g/mol. The van der Waals surface area contributed by atoms with Gasteiger partial charge in [0, 0.05) is 38.0 Å². The van der Waals surface area contributed by atoms with E-state index in [4.69, 9.17) is 9.47 Å². The maximum atomic E-state index is 12.9. The number of methoxy groups -OCH3 is 1. The molecule has 3 atom stereocenters. The molecule has 4 rings (SSSR count). The van der Waals surface area contributed by atoms with Crippen molar-refractivity contribution in [2.75, 3.05) is 33.4 Å². The molecule has 0 aliphatic carbocycles. The Morgan fingerprint density at radius 2 is 2.17 bits per heavy atom. The second-order valence-electron chi connectivity index (χ2n) is 7.41. The predicted octanol–water partition coefficient (Wildman–Crippen LogP) is 2.99. The summed E-state index contributed by atoms with van der Waals surface area (Å²) in [5.74, 6) is 1.52. The zero-order valence-electron chi connectivity index (χ0n) is 17.1. The molecule has 0 radical (unpaired) electrons. The van der Waals surface area contributed by atoms with Crippen molar-refractivity contribution in [2.24, 2.45) is 0 Å². The van der Waals surface area contributed by atoms with Crippen molar-refractivity contribution >= 4 is 19.8 Å². The molecule has 154 valence electrons. The summed E-state index contributed by atoms with van der Waals surface area (Å²) in [4.78, 5) is 17.1. The van der Waals surface area contributed by atoms with Gasteiger partial charge in [0.15, 0.2) is 11.5 Å². The summed E-state index contributed by atoms with van der Waals surface area (Å²) in [7, 11) is 2.12. The summed E-state index contributed by atoms with van der Waals surface area (Å²) >= 11 is 0. The summed E-state index contributed by atoms with van der Waals surface area (Å²) < 4.78 is 11.1. The number of fused-ring (bicyclic) bond motifs is 1. The minimum absolute atomic E-state index is 0.0301. The molecule has 0 saturated carbocycles. The highest BCUT2D eigenvalue weighted by Crippen LogP contribution is 2.46. The fourth-order valence-corrected chi connectivity index (χ4v) is 5.28. The lowest BCUT2D eigenvalue weighted by molar-refractivity contribution is -0.123. The van der Waals surface area contributed by atoms with Gasteiger partial charge in [-0.25, -0.2) is 0 Å². The Kier molecular flexibility index (Phi) is 5.93. The van der Waals surface area contributed by atoms with Gasteiger partial charge in [0.2, 0.25) is 0 Å². The summed E-state index contributed by atoms with van der Waals surface area (Å²) in [5.41, 5.74) is 2.13. The van der Waals surface area contributed by atoms with Gasteiger partial charge >= 0.3 is 0 Å². The molecule has 1 aromatic rings. The number of hydrogen-bond acceptors (Lipinski definition) is 5.